The van der Waals surface area contributed by atoms with E-state index in [9.17, 15) is 26.4 Å². The Morgan fingerprint density at radius 2 is 1.62 bits per heavy atom. The summed E-state index contributed by atoms with van der Waals surface area (Å²) in [6.45, 7) is 1.39. The fourth-order valence-electron chi connectivity index (χ4n) is 3.06. The van der Waals surface area contributed by atoms with Crippen LogP contribution in [0.3, 0.4) is 0 Å². The van der Waals surface area contributed by atoms with E-state index < -0.39 is 36.6 Å². The average Bonchev–Trinajstić information content (AvgIpc) is 3.03. The normalized spacial score (nSPS) is 18.2. The van der Waals surface area contributed by atoms with Crippen LogP contribution >= 0.6 is 0 Å². The molecule has 29 heavy (non-hydrogen) atoms. The number of anilines is 2. The highest BCUT2D eigenvalue weighted by Crippen LogP contribution is 2.26. The van der Waals surface area contributed by atoms with Crippen LogP contribution in [0.1, 0.15) is 23.7 Å². The second kappa shape index (κ2) is 7.96. The first-order valence-corrected chi connectivity index (χ1v) is 12.2. The minimum Gasteiger partial charge on any atom is -0.326 e. The number of hydrogen-bond donors (Lipinski definition) is 2. The van der Waals surface area contributed by atoms with E-state index >= 15 is 0 Å². The fraction of sp³-hybridized carbons (Fsp3) is 0.263. The molecule has 0 bridgehead atoms. The molecule has 1 saturated heterocycles. The largest absolute Gasteiger partial charge is 0.326 e. The fourth-order valence-corrected chi connectivity index (χ4v) is 7.46. The van der Waals surface area contributed by atoms with E-state index in [-0.39, 0.29) is 28.5 Å². The van der Waals surface area contributed by atoms with E-state index in [2.05, 4.69) is 10.6 Å². The van der Waals surface area contributed by atoms with Crippen LogP contribution in [-0.4, -0.2) is 45.4 Å². The molecule has 1 atom stereocenters. The van der Waals surface area contributed by atoms with Gasteiger partial charge in [0.25, 0.3) is 5.91 Å². The lowest BCUT2D eigenvalue weighted by Crippen LogP contribution is -2.23. The van der Waals surface area contributed by atoms with E-state index in [4.69, 9.17) is 0 Å². The van der Waals surface area contributed by atoms with Gasteiger partial charge in [-0.15, -0.1) is 0 Å². The number of carbonyl (C=O) groups is 2. The van der Waals surface area contributed by atoms with Gasteiger partial charge in [0.2, 0.25) is 5.91 Å². The van der Waals surface area contributed by atoms with Crippen molar-refractivity contribution in [2.75, 3.05) is 22.1 Å². The molecule has 1 heterocycles. The Bertz CT molecular complexity index is 1160. The highest BCUT2D eigenvalue weighted by molar-refractivity contribution is 7.96. The van der Waals surface area contributed by atoms with Crippen molar-refractivity contribution < 1.29 is 26.4 Å². The molecule has 1 aliphatic rings. The molecular formula is C19H20N2O6S2. The number of carbonyl (C=O) groups excluding carboxylic acids is 2. The Morgan fingerprint density at radius 3 is 2.17 bits per heavy atom. The minimum absolute atomic E-state index is 0.0573. The van der Waals surface area contributed by atoms with Gasteiger partial charge in [0.05, 0.1) is 21.7 Å². The van der Waals surface area contributed by atoms with Gasteiger partial charge in [-0.1, -0.05) is 6.07 Å². The average molecular weight is 437 g/mol. The smallest absolute Gasteiger partial charge is 0.255 e. The van der Waals surface area contributed by atoms with E-state index in [1.54, 1.807) is 24.3 Å². The number of hydrogen-bond acceptors (Lipinski definition) is 6. The van der Waals surface area contributed by atoms with Crippen molar-refractivity contribution in [2.24, 2.45) is 0 Å². The molecule has 2 amide bonds. The van der Waals surface area contributed by atoms with Gasteiger partial charge in [0.15, 0.2) is 19.7 Å². The monoisotopic (exact) mass is 436 g/mol. The highest BCUT2D eigenvalue weighted by Gasteiger charge is 2.38. The summed E-state index contributed by atoms with van der Waals surface area (Å²) in [6.07, 6.45) is 0.0573. The van der Waals surface area contributed by atoms with Gasteiger partial charge < -0.3 is 10.6 Å². The molecule has 0 saturated carbocycles. The van der Waals surface area contributed by atoms with Crippen LogP contribution in [-0.2, 0) is 24.5 Å². The Kier molecular flexibility index (Phi) is 5.76. The third-order valence-corrected chi connectivity index (χ3v) is 8.69. The van der Waals surface area contributed by atoms with Gasteiger partial charge in [0, 0.05) is 23.9 Å². The van der Waals surface area contributed by atoms with E-state index in [0.717, 1.165) is 0 Å². The first-order valence-electron chi connectivity index (χ1n) is 8.80. The molecule has 8 nitrogen and oxygen atoms in total. The Labute approximate surface area is 169 Å². The topological polar surface area (TPSA) is 126 Å². The summed E-state index contributed by atoms with van der Waals surface area (Å²) in [5.74, 6) is -1.26. The van der Waals surface area contributed by atoms with Crippen molar-refractivity contribution in [1.29, 1.82) is 0 Å². The number of sulfone groups is 2. The molecule has 3 rings (SSSR count). The third-order valence-electron chi connectivity index (χ3n) is 4.52. The van der Waals surface area contributed by atoms with Gasteiger partial charge in [0.1, 0.15) is 0 Å². The van der Waals surface area contributed by atoms with E-state index in [0.29, 0.717) is 11.4 Å². The quantitative estimate of drug-likeness (QED) is 0.737. The van der Waals surface area contributed by atoms with Crippen LogP contribution in [0.2, 0.25) is 0 Å². The molecule has 2 aromatic carbocycles. The molecule has 1 aliphatic heterocycles. The maximum absolute atomic E-state index is 12.8. The van der Waals surface area contributed by atoms with Gasteiger partial charge in [-0.25, -0.2) is 16.8 Å². The van der Waals surface area contributed by atoms with E-state index in [1.807, 2.05) is 0 Å². The maximum atomic E-state index is 12.8. The predicted octanol–water partition coefficient (Wildman–Crippen LogP) is 1.86. The second-order valence-electron chi connectivity index (χ2n) is 6.81. The SMILES string of the molecule is CC(=O)Nc1ccc(NC(=O)c2cccc(S(=O)(=O)[C@H]3CCS(=O)(=O)C3)c2)cc1. The zero-order chi connectivity index (χ0) is 21.2. The summed E-state index contributed by atoms with van der Waals surface area (Å²) in [7, 11) is -7.20. The molecule has 1 fully saturated rings. The molecule has 0 spiro atoms. The Balaban J connectivity index is 1.77. The number of amides is 2. The Morgan fingerprint density at radius 1 is 1.00 bits per heavy atom. The van der Waals surface area contributed by atoms with Gasteiger partial charge in [-0.2, -0.15) is 0 Å². The highest BCUT2D eigenvalue weighted by atomic mass is 32.2. The zero-order valence-corrected chi connectivity index (χ0v) is 17.2. The van der Waals surface area contributed by atoms with Crippen LogP contribution in [0.4, 0.5) is 11.4 Å². The van der Waals surface area contributed by atoms with Crippen LogP contribution in [0.15, 0.2) is 53.4 Å². The lowest BCUT2D eigenvalue weighted by atomic mass is 10.2. The molecule has 2 aromatic rings. The first-order chi connectivity index (χ1) is 13.6. The van der Waals surface area contributed by atoms with Crippen molar-refractivity contribution in [3.8, 4) is 0 Å². The second-order valence-corrected chi connectivity index (χ2v) is 11.3. The molecule has 0 radical (unpaired) electrons. The summed E-state index contributed by atoms with van der Waals surface area (Å²) in [4.78, 5) is 23.5. The molecule has 0 unspecified atom stereocenters. The molecule has 0 aliphatic carbocycles. The standard InChI is InChI=1S/C19H20N2O6S2/c1-13(22)20-15-5-7-16(8-6-15)21-19(23)14-3-2-4-17(11-14)29(26,27)18-9-10-28(24,25)12-18/h2-8,11,18H,9-10,12H2,1H3,(H,20,22)(H,21,23)/t18-/m0/s1. The van der Waals surface area contributed by atoms with Gasteiger partial charge in [-0.05, 0) is 48.9 Å². The zero-order valence-electron chi connectivity index (χ0n) is 15.6. The van der Waals surface area contributed by atoms with Crippen LogP contribution < -0.4 is 10.6 Å². The van der Waals surface area contributed by atoms with Gasteiger partial charge >= 0.3 is 0 Å². The molecular weight excluding hydrogens is 416 g/mol. The summed E-state index contributed by atoms with van der Waals surface area (Å²) in [6, 6.07) is 12.0. The van der Waals surface area contributed by atoms with Crippen LogP contribution in [0.5, 0.6) is 0 Å². The third kappa shape index (κ3) is 5.01. The minimum atomic E-state index is -3.86. The number of nitrogens with one attached hydrogen (secondary N) is 2. The lowest BCUT2D eigenvalue weighted by Gasteiger charge is -2.12. The number of rotatable bonds is 5. The van der Waals surface area contributed by atoms with Crippen molar-refractivity contribution >= 4 is 42.9 Å². The summed E-state index contributed by atoms with van der Waals surface area (Å²) in [5, 5.41) is 4.28. The summed E-state index contributed by atoms with van der Waals surface area (Å²) < 4.78 is 48.8. The van der Waals surface area contributed by atoms with Gasteiger partial charge in [-0.3, -0.25) is 9.59 Å². The molecule has 0 aromatic heterocycles. The van der Waals surface area contributed by atoms with Crippen molar-refractivity contribution in [2.45, 2.75) is 23.5 Å². The molecule has 154 valence electrons. The Hall–Kier alpha value is -2.72. The lowest BCUT2D eigenvalue weighted by molar-refractivity contribution is -0.114. The van der Waals surface area contributed by atoms with Crippen molar-refractivity contribution in [3.05, 3.63) is 54.1 Å². The number of benzene rings is 2. The van der Waals surface area contributed by atoms with Crippen molar-refractivity contribution in [1.82, 2.24) is 0 Å². The van der Waals surface area contributed by atoms with Crippen molar-refractivity contribution in [3.63, 3.8) is 0 Å². The summed E-state index contributed by atoms with van der Waals surface area (Å²) in [5.41, 5.74) is 1.19. The van der Waals surface area contributed by atoms with E-state index in [1.165, 1.54) is 31.2 Å². The summed E-state index contributed by atoms with van der Waals surface area (Å²) >= 11 is 0. The van der Waals surface area contributed by atoms with Crippen LogP contribution in [0.25, 0.3) is 0 Å². The molecule has 2 N–H and O–H groups in total. The maximum Gasteiger partial charge on any atom is 0.255 e. The predicted molar refractivity (Wildman–Crippen MR) is 109 cm³/mol. The first kappa shape index (κ1) is 21.0. The molecule has 10 heteroatoms. The van der Waals surface area contributed by atoms with Crippen LogP contribution in [0, 0.1) is 0 Å².